The number of rotatable bonds is 6. The van der Waals surface area contributed by atoms with Crippen LogP contribution in [0.3, 0.4) is 0 Å². The molecule has 1 aliphatic carbocycles. The number of ether oxygens (including phenoxy) is 1. The van der Waals surface area contributed by atoms with Gasteiger partial charge in [0.1, 0.15) is 18.2 Å². The molecule has 0 amide bonds. The number of hydrogen-bond donors (Lipinski definition) is 1. The Labute approximate surface area is 132 Å². The Hall–Kier alpha value is -1.39. The third-order valence-corrected chi connectivity index (χ3v) is 4.41. The second kappa shape index (κ2) is 6.58. The minimum Gasteiger partial charge on any atom is -0.489 e. The maximum atomic E-state index is 13.4. The lowest BCUT2D eigenvalue weighted by Gasteiger charge is -2.09. The van der Waals surface area contributed by atoms with Crippen molar-refractivity contribution in [3.05, 3.63) is 63.9 Å². The molecule has 1 fully saturated rings. The van der Waals surface area contributed by atoms with E-state index in [0.29, 0.717) is 17.1 Å². The maximum Gasteiger partial charge on any atom is 0.137 e. The third kappa shape index (κ3) is 4.05. The number of nitrogens with one attached hydrogen (secondary N) is 1. The topological polar surface area (TPSA) is 21.3 Å². The van der Waals surface area contributed by atoms with Gasteiger partial charge in [0.2, 0.25) is 0 Å². The Bertz CT molecular complexity index is 611. The largest absolute Gasteiger partial charge is 0.489 e. The van der Waals surface area contributed by atoms with Gasteiger partial charge < -0.3 is 10.1 Å². The Balaban J connectivity index is 1.56. The van der Waals surface area contributed by atoms with Gasteiger partial charge in [-0.3, -0.25) is 0 Å². The van der Waals surface area contributed by atoms with Crippen LogP contribution in [0.2, 0.25) is 0 Å². The van der Waals surface area contributed by atoms with E-state index < -0.39 is 0 Å². The van der Waals surface area contributed by atoms with Crippen molar-refractivity contribution in [1.29, 1.82) is 0 Å². The van der Waals surface area contributed by atoms with Crippen molar-refractivity contribution < 1.29 is 9.13 Å². The standard InChI is InChI=1S/C17H17BrFNO/c18-17-13(2-1-3-16(17)19)11-21-15-8-4-12(5-9-15)10-20-14-6-7-14/h1-5,8-9,14,20H,6-7,10-11H2. The molecule has 2 nitrogen and oxygen atoms in total. The average molecular weight is 350 g/mol. The fourth-order valence-electron chi connectivity index (χ4n) is 2.07. The van der Waals surface area contributed by atoms with E-state index in [4.69, 9.17) is 4.74 Å². The van der Waals surface area contributed by atoms with Crippen molar-refractivity contribution in [2.45, 2.75) is 32.0 Å². The molecule has 3 rings (SSSR count). The van der Waals surface area contributed by atoms with Gasteiger partial charge in [-0.2, -0.15) is 0 Å². The smallest absolute Gasteiger partial charge is 0.137 e. The van der Waals surface area contributed by atoms with E-state index in [1.165, 1.54) is 24.5 Å². The van der Waals surface area contributed by atoms with Crippen molar-refractivity contribution in [1.82, 2.24) is 5.32 Å². The normalized spacial score (nSPS) is 14.2. The molecule has 0 radical (unpaired) electrons. The highest BCUT2D eigenvalue weighted by atomic mass is 79.9. The summed E-state index contributed by atoms with van der Waals surface area (Å²) in [5.74, 6) is 0.527. The number of benzene rings is 2. The molecule has 0 bridgehead atoms. The second-order valence-electron chi connectivity index (χ2n) is 5.30. The van der Waals surface area contributed by atoms with Crippen LogP contribution in [0.1, 0.15) is 24.0 Å². The molecule has 1 N–H and O–H groups in total. The van der Waals surface area contributed by atoms with Gasteiger partial charge in [0, 0.05) is 18.2 Å². The molecule has 0 aromatic heterocycles. The Morgan fingerprint density at radius 1 is 1.14 bits per heavy atom. The lowest BCUT2D eigenvalue weighted by molar-refractivity contribution is 0.304. The molecule has 0 unspecified atom stereocenters. The van der Waals surface area contributed by atoms with E-state index in [2.05, 4.69) is 33.4 Å². The number of halogens is 2. The molecule has 1 aliphatic rings. The minimum atomic E-state index is -0.266. The van der Waals surface area contributed by atoms with E-state index >= 15 is 0 Å². The van der Waals surface area contributed by atoms with Crippen LogP contribution in [0, 0.1) is 5.82 Å². The Morgan fingerprint density at radius 2 is 1.90 bits per heavy atom. The van der Waals surface area contributed by atoms with Crippen LogP contribution < -0.4 is 10.1 Å². The summed E-state index contributed by atoms with van der Waals surface area (Å²) < 4.78 is 19.6. The lowest BCUT2D eigenvalue weighted by atomic mass is 10.2. The van der Waals surface area contributed by atoms with Crippen LogP contribution in [-0.2, 0) is 13.2 Å². The minimum absolute atomic E-state index is 0.266. The first-order valence-electron chi connectivity index (χ1n) is 7.10. The van der Waals surface area contributed by atoms with Crippen LogP contribution >= 0.6 is 15.9 Å². The molecular weight excluding hydrogens is 333 g/mol. The van der Waals surface area contributed by atoms with Gasteiger partial charge in [0.25, 0.3) is 0 Å². The van der Waals surface area contributed by atoms with Crippen molar-refractivity contribution in [3.8, 4) is 5.75 Å². The van der Waals surface area contributed by atoms with Crippen molar-refractivity contribution in [3.63, 3.8) is 0 Å². The highest BCUT2D eigenvalue weighted by Crippen LogP contribution is 2.23. The quantitative estimate of drug-likeness (QED) is 0.833. The van der Waals surface area contributed by atoms with Gasteiger partial charge >= 0.3 is 0 Å². The van der Waals surface area contributed by atoms with Crippen LogP contribution in [0.4, 0.5) is 4.39 Å². The first kappa shape index (κ1) is 14.5. The molecule has 0 saturated heterocycles. The molecule has 0 spiro atoms. The van der Waals surface area contributed by atoms with Crippen molar-refractivity contribution >= 4 is 15.9 Å². The molecule has 110 valence electrons. The summed E-state index contributed by atoms with van der Waals surface area (Å²) in [7, 11) is 0. The zero-order valence-corrected chi connectivity index (χ0v) is 13.2. The van der Waals surface area contributed by atoms with Crippen LogP contribution in [0.15, 0.2) is 46.9 Å². The van der Waals surface area contributed by atoms with Crippen LogP contribution in [0.25, 0.3) is 0 Å². The summed E-state index contributed by atoms with van der Waals surface area (Å²) in [4.78, 5) is 0. The van der Waals surface area contributed by atoms with Gasteiger partial charge in [-0.05, 0) is 52.5 Å². The molecule has 2 aromatic carbocycles. The van der Waals surface area contributed by atoms with E-state index in [9.17, 15) is 4.39 Å². The predicted octanol–water partition coefficient (Wildman–Crippen LogP) is 4.42. The fraction of sp³-hybridized carbons (Fsp3) is 0.294. The first-order chi connectivity index (χ1) is 10.2. The summed E-state index contributed by atoms with van der Waals surface area (Å²) in [5.41, 5.74) is 2.05. The van der Waals surface area contributed by atoms with Gasteiger partial charge in [-0.15, -0.1) is 0 Å². The average Bonchev–Trinajstić information content (AvgIpc) is 3.32. The summed E-state index contributed by atoms with van der Waals surface area (Å²) in [5, 5.41) is 3.48. The Morgan fingerprint density at radius 3 is 2.62 bits per heavy atom. The summed E-state index contributed by atoms with van der Waals surface area (Å²) in [6, 6.07) is 13.7. The molecule has 0 atom stereocenters. The van der Waals surface area contributed by atoms with E-state index in [1.807, 2.05) is 18.2 Å². The van der Waals surface area contributed by atoms with Crippen LogP contribution in [-0.4, -0.2) is 6.04 Å². The van der Waals surface area contributed by atoms with Crippen molar-refractivity contribution in [2.24, 2.45) is 0 Å². The predicted molar refractivity (Wildman–Crippen MR) is 84.7 cm³/mol. The molecule has 2 aromatic rings. The van der Waals surface area contributed by atoms with Gasteiger partial charge in [0.05, 0.1) is 4.47 Å². The monoisotopic (exact) mass is 349 g/mol. The highest BCUT2D eigenvalue weighted by molar-refractivity contribution is 9.10. The zero-order valence-electron chi connectivity index (χ0n) is 11.6. The SMILES string of the molecule is Fc1cccc(COc2ccc(CNC3CC3)cc2)c1Br. The fourth-order valence-corrected chi connectivity index (χ4v) is 2.45. The van der Waals surface area contributed by atoms with Gasteiger partial charge in [-0.25, -0.2) is 4.39 Å². The third-order valence-electron chi connectivity index (χ3n) is 3.52. The maximum absolute atomic E-state index is 13.4. The second-order valence-corrected chi connectivity index (χ2v) is 6.09. The molecule has 0 heterocycles. The van der Waals surface area contributed by atoms with Crippen LogP contribution in [0.5, 0.6) is 5.75 Å². The van der Waals surface area contributed by atoms with Gasteiger partial charge in [-0.1, -0.05) is 24.3 Å². The van der Waals surface area contributed by atoms with Gasteiger partial charge in [0.15, 0.2) is 0 Å². The van der Waals surface area contributed by atoms with E-state index in [-0.39, 0.29) is 5.82 Å². The molecule has 1 saturated carbocycles. The zero-order chi connectivity index (χ0) is 14.7. The molecule has 4 heteroatoms. The molecule has 0 aliphatic heterocycles. The summed E-state index contributed by atoms with van der Waals surface area (Å²) >= 11 is 3.24. The molecule has 21 heavy (non-hydrogen) atoms. The first-order valence-corrected chi connectivity index (χ1v) is 7.89. The lowest BCUT2D eigenvalue weighted by Crippen LogP contribution is -2.15. The summed E-state index contributed by atoms with van der Waals surface area (Å²) in [6.07, 6.45) is 2.59. The number of hydrogen-bond acceptors (Lipinski definition) is 2. The van der Waals surface area contributed by atoms with Crippen molar-refractivity contribution in [2.75, 3.05) is 0 Å². The Kier molecular flexibility index (Phi) is 4.56. The molecular formula is C17H17BrFNO. The van der Waals surface area contributed by atoms with E-state index in [1.54, 1.807) is 6.07 Å². The van der Waals surface area contributed by atoms with E-state index in [0.717, 1.165) is 17.9 Å². The summed E-state index contributed by atoms with van der Waals surface area (Å²) in [6.45, 7) is 1.25. The highest BCUT2D eigenvalue weighted by Gasteiger charge is 2.19.